The average molecular weight is 259 g/mol. The molecule has 5 nitrogen and oxygen atoms in total. The zero-order valence-corrected chi connectivity index (χ0v) is 11.5. The average Bonchev–Trinajstić information content (AvgIpc) is 2.43. The van der Waals surface area contributed by atoms with E-state index in [-0.39, 0.29) is 0 Å². The molecule has 100 valence electrons. The van der Waals surface area contributed by atoms with E-state index in [1.807, 2.05) is 32.0 Å². The van der Waals surface area contributed by atoms with Crippen molar-refractivity contribution in [3.8, 4) is 17.4 Å². The van der Waals surface area contributed by atoms with E-state index in [0.717, 1.165) is 11.3 Å². The van der Waals surface area contributed by atoms with Crippen LogP contribution in [0.25, 0.3) is 0 Å². The molecule has 0 fully saturated rings. The molecule has 0 bridgehead atoms. The van der Waals surface area contributed by atoms with Gasteiger partial charge in [-0.3, -0.25) is 0 Å². The molecule has 0 atom stereocenters. The maximum absolute atomic E-state index is 5.84. The first-order valence-corrected chi connectivity index (χ1v) is 5.98. The van der Waals surface area contributed by atoms with Crippen LogP contribution in [0.1, 0.15) is 11.1 Å². The lowest BCUT2D eigenvalue weighted by Gasteiger charge is -2.13. The lowest BCUT2D eigenvalue weighted by Crippen LogP contribution is -2.01. The van der Waals surface area contributed by atoms with Gasteiger partial charge in [0.05, 0.1) is 7.11 Å². The normalized spacial score (nSPS) is 10.1. The molecule has 5 heteroatoms. The van der Waals surface area contributed by atoms with Gasteiger partial charge in [0.2, 0.25) is 5.75 Å². The Balaban J connectivity index is 2.41. The van der Waals surface area contributed by atoms with Gasteiger partial charge in [-0.25, -0.2) is 4.98 Å². The molecular formula is C14H17N3O2. The Hall–Kier alpha value is -2.30. The van der Waals surface area contributed by atoms with E-state index in [4.69, 9.17) is 9.47 Å². The Labute approximate surface area is 112 Å². The molecule has 2 rings (SSSR count). The zero-order valence-electron chi connectivity index (χ0n) is 11.5. The molecule has 1 N–H and O–H groups in total. The quantitative estimate of drug-likeness (QED) is 0.914. The lowest BCUT2D eigenvalue weighted by molar-refractivity contribution is 0.368. The number of hydrogen-bond donors (Lipinski definition) is 1. The molecule has 1 aromatic heterocycles. The summed E-state index contributed by atoms with van der Waals surface area (Å²) >= 11 is 0. The predicted molar refractivity (Wildman–Crippen MR) is 74.1 cm³/mol. The van der Waals surface area contributed by atoms with Gasteiger partial charge in [-0.2, -0.15) is 4.98 Å². The molecule has 19 heavy (non-hydrogen) atoms. The van der Waals surface area contributed by atoms with E-state index in [2.05, 4.69) is 15.3 Å². The number of aryl methyl sites for hydroxylation is 1. The van der Waals surface area contributed by atoms with E-state index in [1.165, 1.54) is 11.9 Å². The van der Waals surface area contributed by atoms with Crippen molar-refractivity contribution in [1.82, 2.24) is 9.97 Å². The minimum absolute atomic E-state index is 0.399. The Bertz CT molecular complexity index is 585. The summed E-state index contributed by atoms with van der Waals surface area (Å²) in [6.07, 6.45) is 1.44. The van der Waals surface area contributed by atoms with Crippen LogP contribution in [0.4, 0.5) is 5.82 Å². The van der Waals surface area contributed by atoms with Crippen molar-refractivity contribution >= 4 is 5.82 Å². The summed E-state index contributed by atoms with van der Waals surface area (Å²) in [5, 5.41) is 2.94. The summed E-state index contributed by atoms with van der Waals surface area (Å²) in [6, 6.07) is 5.89. The molecule has 0 aliphatic carbocycles. The number of hydrogen-bond acceptors (Lipinski definition) is 5. The molecule has 0 saturated heterocycles. The third-order valence-electron chi connectivity index (χ3n) is 2.97. The number of ether oxygens (including phenoxy) is 2. The minimum atomic E-state index is 0.399. The van der Waals surface area contributed by atoms with Crippen LogP contribution in [-0.4, -0.2) is 24.1 Å². The van der Waals surface area contributed by atoms with E-state index in [9.17, 15) is 0 Å². The molecule has 0 spiro atoms. The fraction of sp³-hybridized carbons (Fsp3) is 0.286. The van der Waals surface area contributed by atoms with Gasteiger partial charge in [0.1, 0.15) is 12.1 Å². The molecule has 0 aliphatic rings. The van der Waals surface area contributed by atoms with E-state index in [1.54, 1.807) is 14.2 Å². The van der Waals surface area contributed by atoms with Crippen LogP contribution < -0.4 is 14.8 Å². The highest BCUT2D eigenvalue weighted by Gasteiger charge is 2.14. The summed E-state index contributed by atoms with van der Waals surface area (Å²) in [7, 11) is 3.34. The second-order valence-electron chi connectivity index (χ2n) is 4.11. The first-order valence-electron chi connectivity index (χ1n) is 5.98. The van der Waals surface area contributed by atoms with Crippen LogP contribution in [-0.2, 0) is 0 Å². The van der Waals surface area contributed by atoms with E-state index in [0.29, 0.717) is 17.4 Å². The Kier molecular flexibility index (Phi) is 3.85. The first-order chi connectivity index (χ1) is 9.17. The van der Waals surface area contributed by atoms with Crippen molar-refractivity contribution < 1.29 is 9.47 Å². The largest absolute Gasteiger partial charge is 0.489 e. The summed E-state index contributed by atoms with van der Waals surface area (Å²) in [4.78, 5) is 8.21. The second kappa shape index (κ2) is 5.56. The maximum atomic E-state index is 5.84. The lowest BCUT2D eigenvalue weighted by atomic mass is 10.1. The summed E-state index contributed by atoms with van der Waals surface area (Å²) in [5.74, 6) is 2.25. The Morgan fingerprint density at radius 2 is 1.95 bits per heavy atom. The molecule has 0 unspecified atom stereocenters. The van der Waals surface area contributed by atoms with Crippen molar-refractivity contribution in [2.45, 2.75) is 13.8 Å². The first kappa shape index (κ1) is 13.1. The molecule has 0 amide bonds. The highest BCUT2D eigenvalue weighted by Crippen LogP contribution is 2.35. The topological polar surface area (TPSA) is 56.3 Å². The third-order valence-corrected chi connectivity index (χ3v) is 2.97. The monoisotopic (exact) mass is 259 g/mol. The van der Waals surface area contributed by atoms with Gasteiger partial charge in [-0.05, 0) is 31.0 Å². The van der Waals surface area contributed by atoms with Gasteiger partial charge >= 0.3 is 0 Å². The maximum Gasteiger partial charge on any atom is 0.268 e. The number of anilines is 1. The molecule has 0 radical (unpaired) electrons. The SMILES string of the molecule is CNc1ncnc(Oc2cccc(C)c2C)c1OC. The number of nitrogens with zero attached hydrogens (tertiary/aromatic N) is 2. The van der Waals surface area contributed by atoms with Crippen molar-refractivity contribution in [2.75, 3.05) is 19.5 Å². The standard InChI is InChI=1S/C14H17N3O2/c1-9-6-5-7-11(10(9)2)19-14-12(18-4)13(15-3)16-8-17-14/h5-8H,1-4H3,(H,15,16,17). The molecular weight excluding hydrogens is 242 g/mol. The van der Waals surface area contributed by atoms with Crippen LogP contribution in [0.2, 0.25) is 0 Å². The third kappa shape index (κ3) is 2.59. The van der Waals surface area contributed by atoms with Crippen LogP contribution in [0, 0.1) is 13.8 Å². The van der Waals surface area contributed by atoms with Gasteiger partial charge in [0.25, 0.3) is 5.88 Å². The number of aromatic nitrogens is 2. The molecule has 1 heterocycles. The van der Waals surface area contributed by atoms with Crippen molar-refractivity contribution in [2.24, 2.45) is 0 Å². The molecule has 0 aliphatic heterocycles. The Morgan fingerprint density at radius 1 is 1.16 bits per heavy atom. The van der Waals surface area contributed by atoms with Gasteiger partial charge in [0, 0.05) is 7.05 Å². The number of methoxy groups -OCH3 is 1. The predicted octanol–water partition coefficient (Wildman–Crippen LogP) is 2.94. The van der Waals surface area contributed by atoms with Crippen molar-refractivity contribution in [3.63, 3.8) is 0 Å². The van der Waals surface area contributed by atoms with Gasteiger partial charge in [-0.15, -0.1) is 0 Å². The molecule has 0 saturated carbocycles. The summed E-state index contributed by atoms with van der Waals surface area (Å²) in [6.45, 7) is 4.05. The zero-order chi connectivity index (χ0) is 13.8. The molecule has 2 aromatic rings. The Morgan fingerprint density at radius 3 is 2.63 bits per heavy atom. The summed E-state index contributed by atoms with van der Waals surface area (Å²) in [5.41, 5.74) is 2.24. The number of benzene rings is 1. The van der Waals surface area contributed by atoms with Crippen molar-refractivity contribution in [1.29, 1.82) is 0 Å². The second-order valence-corrected chi connectivity index (χ2v) is 4.11. The number of rotatable bonds is 4. The van der Waals surface area contributed by atoms with Gasteiger partial charge in [0.15, 0.2) is 5.82 Å². The van der Waals surface area contributed by atoms with Crippen LogP contribution >= 0.6 is 0 Å². The van der Waals surface area contributed by atoms with Crippen molar-refractivity contribution in [3.05, 3.63) is 35.7 Å². The molecule has 1 aromatic carbocycles. The van der Waals surface area contributed by atoms with Gasteiger partial charge in [-0.1, -0.05) is 12.1 Å². The number of nitrogens with one attached hydrogen (secondary N) is 1. The van der Waals surface area contributed by atoms with E-state index >= 15 is 0 Å². The van der Waals surface area contributed by atoms with Crippen LogP contribution in [0.3, 0.4) is 0 Å². The minimum Gasteiger partial charge on any atom is -0.489 e. The van der Waals surface area contributed by atoms with Gasteiger partial charge < -0.3 is 14.8 Å². The highest BCUT2D eigenvalue weighted by atomic mass is 16.5. The van der Waals surface area contributed by atoms with E-state index < -0.39 is 0 Å². The van der Waals surface area contributed by atoms with Crippen LogP contribution in [0.15, 0.2) is 24.5 Å². The fourth-order valence-corrected chi connectivity index (χ4v) is 1.73. The highest BCUT2D eigenvalue weighted by molar-refractivity contribution is 5.56. The fourth-order valence-electron chi connectivity index (χ4n) is 1.73. The van der Waals surface area contributed by atoms with Crippen LogP contribution in [0.5, 0.6) is 17.4 Å². The summed E-state index contributed by atoms with van der Waals surface area (Å²) < 4.78 is 11.1. The smallest absolute Gasteiger partial charge is 0.268 e.